The molecule has 0 aliphatic rings. The summed E-state index contributed by atoms with van der Waals surface area (Å²) in [6, 6.07) is 0. The van der Waals surface area contributed by atoms with Crippen molar-refractivity contribution in [2.45, 2.75) is 0 Å². The molecule has 0 aliphatic carbocycles. The summed E-state index contributed by atoms with van der Waals surface area (Å²) in [5.74, 6) is -3.09. The molecular weight excluding hydrogens is 222 g/mol. The molecule has 0 spiro atoms. The van der Waals surface area contributed by atoms with Gasteiger partial charge in [-0.15, -0.1) is 0 Å². The van der Waals surface area contributed by atoms with Gasteiger partial charge in [0.1, 0.15) is 0 Å². The molecule has 0 saturated heterocycles. The molecule has 0 saturated carbocycles. The van der Waals surface area contributed by atoms with E-state index in [-0.39, 0.29) is 114 Å². The zero-order valence-electron chi connectivity index (χ0n) is 6.79. The van der Waals surface area contributed by atoms with E-state index in [1.807, 2.05) is 0 Å². The molecule has 8 heteroatoms. The van der Waals surface area contributed by atoms with Crippen LogP contribution in [0.1, 0.15) is 0 Å². The van der Waals surface area contributed by atoms with Gasteiger partial charge in [0.15, 0.2) is 0 Å². The van der Waals surface area contributed by atoms with Crippen LogP contribution in [-0.4, -0.2) is 22.9 Å². The van der Waals surface area contributed by atoms with Gasteiger partial charge >= 0.3 is 103 Å². The fourth-order valence-corrected chi connectivity index (χ4v) is 0.136. The fourth-order valence-electron chi connectivity index (χ4n) is 0.136. The number of aliphatic carboxylic acids is 2. The zero-order chi connectivity index (χ0) is 6.57. The topological polar surface area (TPSA) is 143 Å². The third kappa shape index (κ3) is 29.7. The molecule has 0 aromatic rings. The van der Waals surface area contributed by atoms with Gasteiger partial charge in [-0.2, -0.15) is 0 Å². The van der Waals surface area contributed by atoms with Crippen molar-refractivity contribution in [1.82, 2.24) is 0 Å². The van der Waals surface area contributed by atoms with E-state index in [0.717, 1.165) is 0 Å². The van der Waals surface area contributed by atoms with Crippen molar-refractivity contribution in [3.8, 4) is 0 Å². The molecule has 0 aliphatic heterocycles. The molecule has 0 radical (unpaired) electrons. The van der Waals surface area contributed by atoms with Gasteiger partial charge in [0.05, 0.1) is 11.9 Å². The van der Waals surface area contributed by atoms with Crippen LogP contribution in [0, 0.1) is 0 Å². The van der Waals surface area contributed by atoms with Crippen LogP contribution >= 0.6 is 0 Å². The molecule has 0 unspecified atom stereocenters. The van der Waals surface area contributed by atoms with Crippen LogP contribution in [-0.2, 0) is 9.59 Å². The van der Waals surface area contributed by atoms with Gasteiger partial charge in [-0.25, -0.2) is 0 Å². The number of carboxylic acid groups (broad SMARTS) is 2. The largest absolute Gasteiger partial charge is 1.00 e. The molecule has 0 aromatic carbocycles. The first kappa shape index (κ1) is 29.2. The summed E-state index contributed by atoms with van der Waals surface area (Å²) in [5.41, 5.74) is 0. The van der Waals surface area contributed by atoms with Crippen molar-refractivity contribution in [3.05, 3.63) is 12.2 Å². The Bertz CT molecular complexity index is 128. The Morgan fingerprint density at radius 3 is 1.08 bits per heavy atom. The van der Waals surface area contributed by atoms with Crippen LogP contribution in [0.5, 0.6) is 0 Å². The van der Waals surface area contributed by atoms with Gasteiger partial charge in [0.25, 0.3) is 0 Å². The van der Waals surface area contributed by atoms with Crippen LogP contribution in [0.3, 0.4) is 0 Å². The summed E-state index contributed by atoms with van der Waals surface area (Å²) in [6.45, 7) is 0. The molecule has 60 valence electrons. The number of rotatable bonds is 2. The second-order valence-corrected chi connectivity index (χ2v) is 0.971. The normalized spacial score (nSPS) is 6.33. The standard InChI is InChI=1S/C4H4O4.2K.2H2O/c5-3(6)1-2-4(7)8;;;;/h1-2H,(H,5,6)(H,7,8);;;2*1H2/q;2*+1;;/p-2/b2-1+;;;;. The first-order valence-electron chi connectivity index (χ1n) is 1.73. The molecular formula is C4H6K2O6. The minimum Gasteiger partial charge on any atom is -0.545 e. The van der Waals surface area contributed by atoms with Gasteiger partial charge < -0.3 is 30.8 Å². The van der Waals surface area contributed by atoms with Gasteiger partial charge in [-0.3, -0.25) is 0 Å². The molecule has 0 bridgehead atoms. The van der Waals surface area contributed by atoms with Crippen molar-refractivity contribution in [2.75, 3.05) is 0 Å². The zero-order valence-corrected chi connectivity index (χ0v) is 13.0. The number of hydrogen-bond acceptors (Lipinski definition) is 4. The summed E-state index contributed by atoms with van der Waals surface area (Å²) in [6.07, 6.45) is 0.769. The first-order chi connectivity index (χ1) is 3.63. The molecule has 4 N–H and O–H groups in total. The molecule has 12 heavy (non-hydrogen) atoms. The molecule has 0 atom stereocenters. The predicted molar refractivity (Wildman–Crippen MR) is 26.4 cm³/mol. The third-order valence-electron chi connectivity index (χ3n) is 0.355. The van der Waals surface area contributed by atoms with Crippen LogP contribution in [0.15, 0.2) is 12.2 Å². The Morgan fingerprint density at radius 1 is 0.833 bits per heavy atom. The second kappa shape index (κ2) is 18.6. The van der Waals surface area contributed by atoms with Crippen molar-refractivity contribution in [2.24, 2.45) is 0 Å². The summed E-state index contributed by atoms with van der Waals surface area (Å²) >= 11 is 0. The number of carbonyl (C=O) groups excluding carboxylic acids is 2. The van der Waals surface area contributed by atoms with Gasteiger partial charge in [0.2, 0.25) is 0 Å². The minimum absolute atomic E-state index is 0. The summed E-state index contributed by atoms with van der Waals surface area (Å²) in [7, 11) is 0. The number of hydrogen-bond donors (Lipinski definition) is 0. The summed E-state index contributed by atoms with van der Waals surface area (Å²) < 4.78 is 0. The Kier molecular flexibility index (Phi) is 45.3. The summed E-state index contributed by atoms with van der Waals surface area (Å²) in [5, 5.41) is 18.8. The van der Waals surface area contributed by atoms with E-state index in [0.29, 0.717) is 12.2 Å². The monoisotopic (exact) mass is 228 g/mol. The molecule has 0 aromatic heterocycles. The Hall–Kier alpha value is 1.87. The molecule has 0 rings (SSSR count). The summed E-state index contributed by atoms with van der Waals surface area (Å²) in [4.78, 5) is 18.8. The van der Waals surface area contributed by atoms with Gasteiger partial charge in [-0.05, 0) is 12.2 Å². The average molecular weight is 228 g/mol. The Labute approximate surface area is 154 Å². The number of carboxylic acids is 2. The average Bonchev–Trinajstić information content (AvgIpc) is 1.61. The van der Waals surface area contributed by atoms with E-state index in [4.69, 9.17) is 0 Å². The fraction of sp³-hybridized carbons (Fsp3) is 0. The van der Waals surface area contributed by atoms with Gasteiger partial charge in [0, 0.05) is 0 Å². The SMILES string of the molecule is O.O.O=C([O-])/C=C/C(=O)[O-].[K+].[K+]. The molecule has 0 heterocycles. The van der Waals surface area contributed by atoms with Crippen molar-refractivity contribution in [3.63, 3.8) is 0 Å². The Morgan fingerprint density at radius 2 is 1.00 bits per heavy atom. The van der Waals surface area contributed by atoms with E-state index in [1.165, 1.54) is 0 Å². The van der Waals surface area contributed by atoms with Crippen molar-refractivity contribution >= 4 is 11.9 Å². The minimum atomic E-state index is -1.55. The first-order valence-corrected chi connectivity index (χ1v) is 1.73. The van der Waals surface area contributed by atoms with Crippen LogP contribution in [0.2, 0.25) is 0 Å². The smallest absolute Gasteiger partial charge is 0.545 e. The molecule has 0 amide bonds. The second-order valence-electron chi connectivity index (χ2n) is 0.971. The Balaban J connectivity index is -0.0000000408. The predicted octanol–water partition coefficient (Wildman–Crippen LogP) is -10.6. The van der Waals surface area contributed by atoms with Crippen molar-refractivity contribution in [1.29, 1.82) is 0 Å². The molecule has 6 nitrogen and oxygen atoms in total. The van der Waals surface area contributed by atoms with E-state index < -0.39 is 11.9 Å². The molecule has 0 fully saturated rings. The van der Waals surface area contributed by atoms with Gasteiger partial charge in [-0.1, -0.05) is 0 Å². The van der Waals surface area contributed by atoms with Crippen LogP contribution in [0.25, 0.3) is 0 Å². The van der Waals surface area contributed by atoms with E-state index in [9.17, 15) is 19.8 Å². The maximum atomic E-state index is 9.41. The third-order valence-corrected chi connectivity index (χ3v) is 0.355. The van der Waals surface area contributed by atoms with E-state index in [2.05, 4.69) is 0 Å². The van der Waals surface area contributed by atoms with E-state index >= 15 is 0 Å². The quantitative estimate of drug-likeness (QED) is 0.341. The number of carbonyl (C=O) groups is 2. The van der Waals surface area contributed by atoms with Crippen LogP contribution in [0.4, 0.5) is 0 Å². The maximum Gasteiger partial charge on any atom is 1.00 e. The van der Waals surface area contributed by atoms with Crippen LogP contribution < -0.4 is 113 Å². The van der Waals surface area contributed by atoms with Crippen molar-refractivity contribution < 1.29 is 134 Å². The van der Waals surface area contributed by atoms with E-state index in [1.54, 1.807) is 0 Å². The maximum absolute atomic E-state index is 9.41.